The summed E-state index contributed by atoms with van der Waals surface area (Å²) < 4.78 is 5.38. The Labute approximate surface area is 148 Å². The summed E-state index contributed by atoms with van der Waals surface area (Å²) in [7, 11) is 1.66. The van der Waals surface area contributed by atoms with Gasteiger partial charge in [-0.15, -0.1) is 0 Å². The highest BCUT2D eigenvalue weighted by atomic mass is 16.5. The largest absolute Gasteiger partial charge is 0.496 e. The van der Waals surface area contributed by atoms with Crippen molar-refractivity contribution in [1.29, 1.82) is 0 Å². The first-order valence-corrected chi connectivity index (χ1v) is 8.23. The van der Waals surface area contributed by atoms with Gasteiger partial charge in [-0.25, -0.2) is 0 Å². The molecule has 2 aromatic rings. The minimum absolute atomic E-state index is 0.141. The zero-order valence-corrected chi connectivity index (χ0v) is 15.1. The molecule has 2 N–H and O–H groups in total. The van der Waals surface area contributed by atoms with Crippen molar-refractivity contribution in [2.24, 2.45) is 0 Å². The zero-order chi connectivity index (χ0) is 18.4. The van der Waals surface area contributed by atoms with E-state index in [1.165, 1.54) is 6.92 Å². The molecule has 0 saturated carbocycles. The third-order valence-electron chi connectivity index (χ3n) is 3.84. The summed E-state index contributed by atoms with van der Waals surface area (Å²) in [6, 6.07) is 12.7. The van der Waals surface area contributed by atoms with Crippen LogP contribution in [0.15, 0.2) is 42.5 Å². The van der Waals surface area contributed by atoms with Crippen LogP contribution in [0.3, 0.4) is 0 Å². The summed E-state index contributed by atoms with van der Waals surface area (Å²) >= 11 is 0. The number of rotatable bonds is 6. The molecule has 0 saturated heterocycles. The molecular formula is C20H24N2O3. The van der Waals surface area contributed by atoms with E-state index in [1.54, 1.807) is 31.4 Å². The second-order valence-electron chi connectivity index (χ2n) is 6.17. The number of hydrogen-bond acceptors (Lipinski definition) is 3. The number of carbonyl (C=O) groups is 2. The molecule has 0 atom stereocenters. The lowest BCUT2D eigenvalue weighted by molar-refractivity contribution is -0.114. The Hall–Kier alpha value is -2.82. The molecule has 0 bridgehead atoms. The predicted octanol–water partition coefficient (Wildman–Crippen LogP) is 3.71. The van der Waals surface area contributed by atoms with Gasteiger partial charge in [0.15, 0.2) is 0 Å². The molecule has 0 aliphatic rings. The number of benzene rings is 2. The number of ether oxygens (including phenoxy) is 1. The van der Waals surface area contributed by atoms with Gasteiger partial charge in [-0.3, -0.25) is 9.59 Å². The van der Waals surface area contributed by atoms with Crippen LogP contribution in [0.2, 0.25) is 0 Å². The maximum absolute atomic E-state index is 12.3. The first-order chi connectivity index (χ1) is 11.9. The molecule has 0 radical (unpaired) electrons. The first kappa shape index (κ1) is 18.5. The van der Waals surface area contributed by atoms with Gasteiger partial charge in [-0.2, -0.15) is 0 Å². The number of hydrogen-bond donors (Lipinski definition) is 2. The van der Waals surface area contributed by atoms with Gasteiger partial charge in [0.1, 0.15) is 5.75 Å². The fourth-order valence-corrected chi connectivity index (χ4v) is 2.54. The summed E-state index contributed by atoms with van der Waals surface area (Å²) in [5.41, 5.74) is 3.36. The Kier molecular flexibility index (Phi) is 6.17. The maximum Gasteiger partial charge on any atom is 0.251 e. The van der Waals surface area contributed by atoms with E-state index in [0.29, 0.717) is 23.7 Å². The van der Waals surface area contributed by atoms with Gasteiger partial charge >= 0.3 is 0 Å². The lowest BCUT2D eigenvalue weighted by Crippen LogP contribution is -2.22. The van der Waals surface area contributed by atoms with E-state index >= 15 is 0 Å². The van der Waals surface area contributed by atoms with Crippen LogP contribution in [-0.2, 0) is 11.3 Å². The molecule has 2 rings (SSSR count). The van der Waals surface area contributed by atoms with Crippen molar-refractivity contribution < 1.29 is 14.3 Å². The minimum Gasteiger partial charge on any atom is -0.496 e. The van der Waals surface area contributed by atoms with Crippen molar-refractivity contribution >= 4 is 17.5 Å². The first-order valence-electron chi connectivity index (χ1n) is 8.23. The predicted molar refractivity (Wildman–Crippen MR) is 99.0 cm³/mol. The van der Waals surface area contributed by atoms with Crippen LogP contribution in [0.1, 0.15) is 48.2 Å². The summed E-state index contributed by atoms with van der Waals surface area (Å²) in [5.74, 6) is 0.902. The van der Waals surface area contributed by atoms with Crippen LogP contribution >= 0.6 is 0 Å². The van der Waals surface area contributed by atoms with Gasteiger partial charge < -0.3 is 15.4 Å². The minimum atomic E-state index is -0.156. The monoisotopic (exact) mass is 340 g/mol. The quantitative estimate of drug-likeness (QED) is 0.842. The van der Waals surface area contributed by atoms with Gasteiger partial charge in [0.05, 0.1) is 7.11 Å². The van der Waals surface area contributed by atoms with Crippen LogP contribution in [0.5, 0.6) is 5.75 Å². The Morgan fingerprint density at radius 2 is 1.76 bits per heavy atom. The third kappa shape index (κ3) is 5.08. The van der Waals surface area contributed by atoms with Crippen LogP contribution in [0.4, 0.5) is 5.69 Å². The van der Waals surface area contributed by atoms with Gasteiger partial charge in [-0.1, -0.05) is 26.0 Å². The lowest BCUT2D eigenvalue weighted by atomic mass is 9.99. The summed E-state index contributed by atoms with van der Waals surface area (Å²) in [4.78, 5) is 23.3. The standard InChI is InChI=1S/C20H24N2O3/c1-13(2)18-11-15(5-10-19(18)25-4)12-21-20(24)16-6-8-17(9-7-16)22-14(3)23/h5-11,13H,12H2,1-4H3,(H,21,24)(H,22,23). The van der Waals surface area contributed by atoms with Gasteiger partial charge in [-0.05, 0) is 47.4 Å². The van der Waals surface area contributed by atoms with Crippen LogP contribution in [0.25, 0.3) is 0 Å². The van der Waals surface area contributed by atoms with Gasteiger partial charge in [0.2, 0.25) is 5.91 Å². The van der Waals surface area contributed by atoms with Gasteiger partial charge in [0, 0.05) is 24.7 Å². The van der Waals surface area contributed by atoms with Crippen LogP contribution < -0.4 is 15.4 Å². The highest BCUT2D eigenvalue weighted by molar-refractivity contribution is 5.95. The van der Waals surface area contributed by atoms with E-state index in [2.05, 4.69) is 30.5 Å². The Balaban J connectivity index is 2.02. The van der Waals surface area contributed by atoms with Crippen LogP contribution in [0, 0.1) is 0 Å². The lowest BCUT2D eigenvalue weighted by Gasteiger charge is -2.14. The maximum atomic E-state index is 12.3. The average molecular weight is 340 g/mol. The fourth-order valence-electron chi connectivity index (χ4n) is 2.54. The molecule has 132 valence electrons. The molecule has 0 spiro atoms. The van der Waals surface area contributed by atoms with E-state index in [0.717, 1.165) is 16.9 Å². The molecule has 0 fully saturated rings. The van der Waals surface area contributed by atoms with Crippen molar-refractivity contribution in [2.75, 3.05) is 12.4 Å². The summed E-state index contributed by atoms with van der Waals surface area (Å²) in [6.07, 6.45) is 0. The molecule has 25 heavy (non-hydrogen) atoms. The molecule has 2 aromatic carbocycles. The molecule has 0 aliphatic heterocycles. The van der Waals surface area contributed by atoms with Crippen molar-refractivity contribution in [1.82, 2.24) is 5.32 Å². The molecule has 0 unspecified atom stereocenters. The molecule has 5 heteroatoms. The van der Waals surface area contributed by atoms with Crippen molar-refractivity contribution in [3.05, 3.63) is 59.2 Å². The SMILES string of the molecule is COc1ccc(CNC(=O)c2ccc(NC(C)=O)cc2)cc1C(C)C. The molecule has 0 aromatic heterocycles. The van der Waals surface area contributed by atoms with E-state index in [1.807, 2.05) is 12.1 Å². The fraction of sp³-hybridized carbons (Fsp3) is 0.300. The number of carbonyl (C=O) groups excluding carboxylic acids is 2. The normalized spacial score (nSPS) is 10.4. The Morgan fingerprint density at radius 1 is 1.08 bits per heavy atom. The molecular weight excluding hydrogens is 316 g/mol. The second-order valence-corrected chi connectivity index (χ2v) is 6.17. The number of nitrogens with one attached hydrogen (secondary N) is 2. The number of methoxy groups -OCH3 is 1. The van der Waals surface area contributed by atoms with E-state index in [9.17, 15) is 9.59 Å². The third-order valence-corrected chi connectivity index (χ3v) is 3.84. The smallest absolute Gasteiger partial charge is 0.251 e. The zero-order valence-electron chi connectivity index (χ0n) is 15.1. The van der Waals surface area contributed by atoms with Gasteiger partial charge in [0.25, 0.3) is 5.91 Å². The molecule has 2 amide bonds. The van der Waals surface area contributed by atoms with Crippen molar-refractivity contribution in [2.45, 2.75) is 33.2 Å². The topological polar surface area (TPSA) is 67.4 Å². The van der Waals surface area contributed by atoms with E-state index in [-0.39, 0.29) is 11.8 Å². The molecule has 0 heterocycles. The van der Waals surface area contributed by atoms with Crippen molar-refractivity contribution in [3.63, 3.8) is 0 Å². The summed E-state index contributed by atoms with van der Waals surface area (Å²) in [5, 5.41) is 5.59. The molecule has 0 aliphatic carbocycles. The Morgan fingerprint density at radius 3 is 2.32 bits per heavy atom. The highest BCUT2D eigenvalue weighted by Gasteiger charge is 2.10. The van der Waals surface area contributed by atoms with E-state index < -0.39 is 0 Å². The highest BCUT2D eigenvalue weighted by Crippen LogP contribution is 2.27. The average Bonchev–Trinajstić information content (AvgIpc) is 2.59. The van der Waals surface area contributed by atoms with Crippen molar-refractivity contribution in [3.8, 4) is 5.75 Å². The number of amides is 2. The molecule has 5 nitrogen and oxygen atoms in total. The second kappa shape index (κ2) is 8.33. The van der Waals surface area contributed by atoms with Crippen LogP contribution in [-0.4, -0.2) is 18.9 Å². The van der Waals surface area contributed by atoms with E-state index in [4.69, 9.17) is 4.74 Å². The summed E-state index contributed by atoms with van der Waals surface area (Å²) in [6.45, 7) is 6.10. The Bertz CT molecular complexity index is 752. The number of anilines is 1.